The molecule has 4 aromatic carbocycles. The van der Waals surface area contributed by atoms with Gasteiger partial charge in [-0.15, -0.1) is 22.1 Å². The number of aliphatic hydroxyl groups is 16. The molecule has 0 spiro atoms. The summed E-state index contributed by atoms with van der Waals surface area (Å²) in [6.07, 6.45) is -20.7. The number of fused-ring (bicyclic) bond motifs is 8. The summed E-state index contributed by atoms with van der Waals surface area (Å²) in [5.74, 6) is 2.07. The fourth-order valence-electron chi connectivity index (χ4n) is 14.1. The smallest absolute Gasteiger partial charge is 0.657 e. The van der Waals surface area contributed by atoms with E-state index < -0.39 is 149 Å². The van der Waals surface area contributed by atoms with Crippen LogP contribution < -0.4 is 28.9 Å². The Hall–Kier alpha value is -7.82. The molecule has 36 nitrogen and oxygen atoms in total. The Morgan fingerprint density at radius 1 is 0.248 bits per heavy atom. The van der Waals surface area contributed by atoms with Crippen LogP contribution in [0.3, 0.4) is 0 Å². The van der Waals surface area contributed by atoms with Gasteiger partial charge in [-0.05, 0) is 117 Å². The summed E-state index contributed by atoms with van der Waals surface area (Å²) in [7, 11) is 0. The van der Waals surface area contributed by atoms with E-state index in [1.165, 1.54) is 0 Å². The van der Waals surface area contributed by atoms with Gasteiger partial charge in [0.2, 0.25) is 0 Å². The molecule has 6 aliphatic rings. The molecule has 0 saturated carbocycles. The zero-order valence-corrected chi connectivity index (χ0v) is 68.7. The zero-order valence-electron chi connectivity index (χ0n) is 65.7. The third kappa shape index (κ3) is 22.8. The first-order chi connectivity index (χ1) is 58.3. The second-order valence-corrected chi connectivity index (χ2v) is 28.6. The van der Waals surface area contributed by atoms with Crippen molar-refractivity contribution in [3.8, 4) is 67.5 Å². The van der Waals surface area contributed by atoms with E-state index in [1.54, 1.807) is 0 Å². The van der Waals surface area contributed by atoms with E-state index in [9.17, 15) is 81.7 Å². The molecule has 4 saturated heterocycles. The largest absolute Gasteiger partial charge is 2.00 e. The predicted molar refractivity (Wildman–Crippen MR) is 423 cm³/mol. The molecule has 0 radical (unpaired) electrons. The number of hydrogen-bond acceptors (Lipinski definition) is 34. The third-order valence-electron chi connectivity index (χ3n) is 20.6. The van der Waals surface area contributed by atoms with Gasteiger partial charge in [-0.2, -0.15) is 0 Å². The summed E-state index contributed by atoms with van der Waals surface area (Å²) < 4.78 is 91.5. The van der Waals surface area contributed by atoms with Gasteiger partial charge in [0.25, 0.3) is 0 Å². The van der Waals surface area contributed by atoms with Crippen molar-refractivity contribution in [2.24, 2.45) is 0 Å². The third-order valence-corrected chi connectivity index (χ3v) is 20.6. The van der Waals surface area contributed by atoms with Crippen molar-refractivity contribution in [1.29, 1.82) is 0 Å². The maximum Gasteiger partial charge on any atom is 2.00 e. The molecule has 0 unspecified atom stereocenters. The second kappa shape index (κ2) is 44.7. The second-order valence-electron chi connectivity index (χ2n) is 28.6. The average molecular weight is 1740 g/mol. The predicted octanol–water partition coefficient (Wildman–Crippen LogP) is -0.573. The topological polar surface area (TPSA) is 525 Å². The molecule has 20 atom stereocenters. The molecule has 37 heteroatoms. The fourth-order valence-corrected chi connectivity index (χ4v) is 14.1. The van der Waals surface area contributed by atoms with Gasteiger partial charge in [0.05, 0.1) is 128 Å². The van der Waals surface area contributed by atoms with Crippen molar-refractivity contribution in [2.45, 2.75) is 123 Å². The van der Waals surface area contributed by atoms with Gasteiger partial charge in [-0.3, -0.25) is 0 Å². The molecule has 0 aliphatic carbocycles. The zero-order chi connectivity index (χ0) is 84.3. The van der Waals surface area contributed by atoms with Gasteiger partial charge in [0.1, 0.15) is 147 Å². The number of ether oxygens (including phenoxy) is 16. The number of nitrogens with zero attached hydrogens (tertiary/aromatic N) is 4. The first kappa shape index (κ1) is 92.4. The number of hydrogen-bond donors (Lipinski definition) is 16. The van der Waals surface area contributed by atoms with Crippen LogP contribution in [0.5, 0.6) is 23.0 Å². The van der Waals surface area contributed by atoms with Crippen molar-refractivity contribution < 1.29 is 177 Å². The number of aliphatic hydroxyl groups excluding tert-OH is 16. The van der Waals surface area contributed by atoms with E-state index >= 15 is 0 Å². The van der Waals surface area contributed by atoms with Crippen LogP contribution in [0, 0.1) is 0 Å². The minimum atomic E-state index is -1.59. The number of rotatable bonds is 40. The summed E-state index contributed by atoms with van der Waals surface area (Å²) >= 11 is 0. The summed E-state index contributed by atoms with van der Waals surface area (Å²) in [6.45, 7) is -1.19. The molecule has 8 bridgehead atoms. The minimum Gasteiger partial charge on any atom is -0.657 e. The van der Waals surface area contributed by atoms with E-state index in [0.29, 0.717) is 90.1 Å². The molecule has 3 aromatic heterocycles. The molecule has 16 N–H and O–H groups in total. The SMILES string of the molecule is OC[C@H]1O[C@H](OCCOCCOc2ccc(-c3c4nc(c(-c5ccc(OCCOCCO[C@H]6O[C@H](CO)[C@@H](O)[C@H](O)[C@@H]6O)cc5)c5ccc([n-]5)c(-c5ccc(OCCOCCO[C@H]6O[C@H](CO)[C@@H](O)[C@H](O)[C@@H]6O)cc5)c5nc(c(-c6ccc(OCCOCCO[C@H]7O[C@H](CO)[C@@H](O)[C@H](O)[C@@H]7O)cc6)c6ccc3[n-]6)C=C5)C=C4)cc2)[C@@H](O)[C@@H](O)[C@@H]1O.[Zn+2]. The molecule has 7 aromatic rings. The van der Waals surface area contributed by atoms with E-state index in [2.05, 4.69) is 0 Å². The average Bonchev–Trinajstić information content (AvgIpc) is 1.61. The van der Waals surface area contributed by atoms with Crippen molar-refractivity contribution in [3.63, 3.8) is 0 Å². The summed E-state index contributed by atoms with van der Waals surface area (Å²) in [6, 6.07) is 37.4. The summed E-state index contributed by atoms with van der Waals surface area (Å²) in [5.41, 5.74) is 10.0. The van der Waals surface area contributed by atoms with Gasteiger partial charge in [0, 0.05) is 0 Å². The number of aromatic nitrogens is 4. The molecular formula is C84H100N4O32Zn. The molecule has 4 fully saturated rings. The first-order valence-corrected chi connectivity index (χ1v) is 39.3. The maximum atomic E-state index is 10.4. The summed E-state index contributed by atoms with van der Waals surface area (Å²) in [5, 5.41) is 161. The molecule has 13 rings (SSSR count). The van der Waals surface area contributed by atoms with Gasteiger partial charge in [-0.25, -0.2) is 9.97 Å². The van der Waals surface area contributed by atoms with Crippen molar-refractivity contribution >= 4 is 46.4 Å². The molecule has 121 heavy (non-hydrogen) atoms. The van der Waals surface area contributed by atoms with Crippen LogP contribution in [0.1, 0.15) is 22.8 Å². The monoisotopic (exact) mass is 1740 g/mol. The molecule has 9 heterocycles. The van der Waals surface area contributed by atoms with E-state index in [-0.39, 0.29) is 125 Å². The quantitative estimate of drug-likeness (QED) is 0.0169. The van der Waals surface area contributed by atoms with E-state index in [4.69, 9.17) is 95.7 Å². The van der Waals surface area contributed by atoms with E-state index in [1.807, 2.05) is 146 Å². The fraction of sp³-hybridized carbons (Fsp3) is 0.476. The van der Waals surface area contributed by atoms with Crippen molar-refractivity contribution in [1.82, 2.24) is 19.9 Å². The van der Waals surface area contributed by atoms with Crippen LogP contribution in [0.2, 0.25) is 0 Å². The first-order valence-electron chi connectivity index (χ1n) is 39.3. The molecular weight excluding hydrogens is 1640 g/mol. The van der Waals surface area contributed by atoms with Crippen molar-refractivity contribution in [3.05, 3.63) is 144 Å². The van der Waals surface area contributed by atoms with Crippen molar-refractivity contribution in [2.75, 3.05) is 132 Å². The Kier molecular flexibility index (Phi) is 34.1. The van der Waals surface area contributed by atoms with Crippen LogP contribution in [-0.2, 0) is 76.3 Å². The van der Waals surface area contributed by atoms with E-state index in [0.717, 1.165) is 22.3 Å². The summed E-state index contributed by atoms with van der Waals surface area (Å²) in [4.78, 5) is 21.7. The van der Waals surface area contributed by atoms with Crippen LogP contribution in [0.4, 0.5) is 0 Å². The molecule has 650 valence electrons. The Bertz CT molecular complexity index is 4050. The standard InChI is InChI=1S/C84H100N4O32.Zn/c89-41-61-69(93)73(97)77(101)81(117-61)113-37-29-105-25-33-109-49-9-1-45(2-10-49)65-53-17-19-55(85-53)66(46-3-11-50(12-4-46)110-34-26-106-30-38-114-82-78(102)74(98)70(94)62(42-90)118-82)57-21-23-59(87-57)68(48-7-15-52(16-8-48)112-36-28-108-32-40-116-84-80(104)76(100)72(96)64(44-92)120-84)60-24-22-58(88-60)67(56-20-18-54(65)86-56)47-5-13-51(14-6-47)111-35-27-107-31-39-115-83-79(103)75(99)71(95)63(43-91)119-83;/h1-24,61-64,69-84,89-104H,25-44H2;/q-2;+2/t61-,62-,63-,64-,69-,70-,71-,72-,73+,74+,75+,76+,77+,78+,79+,80+,81+,82+,83+,84+;/m1./s1. The van der Waals surface area contributed by atoms with Crippen LogP contribution in [0.25, 0.3) is 90.9 Å². The minimum absolute atomic E-state index is 0. The Morgan fingerprint density at radius 3 is 0.645 bits per heavy atom. The Labute approximate surface area is 706 Å². The Balaban J connectivity index is 0.0000134. The van der Waals surface area contributed by atoms with Gasteiger partial charge >= 0.3 is 19.5 Å². The molecule has 6 aliphatic heterocycles. The van der Waals surface area contributed by atoms with Gasteiger partial charge < -0.3 is 167 Å². The Morgan fingerprint density at radius 2 is 0.446 bits per heavy atom. The van der Waals surface area contributed by atoms with Gasteiger partial charge in [-0.1, -0.05) is 72.8 Å². The van der Waals surface area contributed by atoms with Gasteiger partial charge in [0.15, 0.2) is 25.2 Å². The normalized spacial score (nSPS) is 27.2. The van der Waals surface area contributed by atoms with Crippen LogP contribution >= 0.6 is 0 Å². The maximum absolute atomic E-state index is 10.4. The van der Waals surface area contributed by atoms with Crippen LogP contribution in [-0.4, -0.2) is 347 Å². The van der Waals surface area contributed by atoms with Crippen LogP contribution in [0.15, 0.2) is 121 Å². The molecule has 0 amide bonds. The number of benzene rings is 4.